The maximum absolute atomic E-state index is 13.1. The number of hydrogen-bond donors (Lipinski definition) is 1. The lowest BCUT2D eigenvalue weighted by Crippen LogP contribution is -2.50. The molecule has 0 saturated carbocycles. The van der Waals surface area contributed by atoms with Crippen molar-refractivity contribution < 1.29 is 22.7 Å². The second-order valence-electron chi connectivity index (χ2n) is 8.25. The quantitative estimate of drug-likeness (QED) is 0.652. The van der Waals surface area contributed by atoms with Crippen LogP contribution >= 0.6 is 0 Å². The van der Waals surface area contributed by atoms with Crippen molar-refractivity contribution in [3.05, 3.63) is 23.8 Å². The van der Waals surface area contributed by atoms with Gasteiger partial charge >= 0.3 is 0 Å². The van der Waals surface area contributed by atoms with Crippen molar-refractivity contribution in [2.75, 3.05) is 46.9 Å². The second kappa shape index (κ2) is 11.2. The number of ether oxygens (including phenoxy) is 2. The third-order valence-corrected chi connectivity index (χ3v) is 8.14. The molecular weight excluding hydrogens is 418 g/mol. The highest BCUT2D eigenvalue weighted by molar-refractivity contribution is 7.86. The van der Waals surface area contributed by atoms with Crippen molar-refractivity contribution in [3.8, 4) is 11.5 Å². The number of amides is 1. The maximum atomic E-state index is 13.1. The van der Waals surface area contributed by atoms with Crippen molar-refractivity contribution >= 4 is 16.1 Å². The Balaban J connectivity index is 1.52. The summed E-state index contributed by atoms with van der Waals surface area (Å²) in [6.07, 6.45) is 6.07. The number of rotatable bonds is 8. The summed E-state index contributed by atoms with van der Waals surface area (Å²) in [6.45, 7) is 2.42. The molecule has 1 amide bonds. The summed E-state index contributed by atoms with van der Waals surface area (Å²) in [7, 11) is -0.301. The van der Waals surface area contributed by atoms with Crippen LogP contribution < -0.4 is 14.8 Å². The van der Waals surface area contributed by atoms with Crippen LogP contribution in [0.5, 0.6) is 11.5 Å². The predicted molar refractivity (Wildman–Crippen MR) is 120 cm³/mol. The summed E-state index contributed by atoms with van der Waals surface area (Å²) in [5, 5.41) is 2.98. The van der Waals surface area contributed by atoms with Gasteiger partial charge in [-0.1, -0.05) is 18.9 Å². The monoisotopic (exact) mass is 453 g/mol. The second-order valence-corrected chi connectivity index (χ2v) is 10.2. The Labute approximate surface area is 186 Å². The molecular formula is C22H35N3O5S. The van der Waals surface area contributed by atoms with Gasteiger partial charge in [-0.25, -0.2) is 0 Å². The molecule has 9 heteroatoms. The molecule has 2 saturated heterocycles. The minimum Gasteiger partial charge on any atom is -0.493 e. The van der Waals surface area contributed by atoms with Gasteiger partial charge in [0.2, 0.25) is 5.91 Å². The van der Waals surface area contributed by atoms with E-state index in [1.165, 1.54) is 4.31 Å². The largest absolute Gasteiger partial charge is 0.493 e. The molecule has 1 aromatic rings. The average Bonchev–Trinajstić information content (AvgIpc) is 3.09. The molecule has 2 aliphatic heterocycles. The Morgan fingerprint density at radius 2 is 1.68 bits per heavy atom. The topological polar surface area (TPSA) is 88.2 Å². The van der Waals surface area contributed by atoms with Crippen molar-refractivity contribution in [2.24, 2.45) is 5.92 Å². The summed E-state index contributed by atoms with van der Waals surface area (Å²) in [5.41, 5.74) is 1.03. The Bertz CT molecular complexity index is 838. The molecule has 3 rings (SSSR count). The molecule has 1 unspecified atom stereocenters. The summed E-state index contributed by atoms with van der Waals surface area (Å²) in [6, 6.07) is 5.70. The number of nitrogens with zero attached hydrogens (tertiary/aromatic N) is 2. The zero-order chi connectivity index (χ0) is 22.3. The molecule has 0 aliphatic carbocycles. The van der Waals surface area contributed by atoms with E-state index in [-0.39, 0.29) is 18.4 Å². The van der Waals surface area contributed by atoms with Crippen molar-refractivity contribution in [1.29, 1.82) is 0 Å². The van der Waals surface area contributed by atoms with Crippen LogP contribution in [0.4, 0.5) is 0 Å². The van der Waals surface area contributed by atoms with Gasteiger partial charge in [-0.3, -0.25) is 4.79 Å². The molecule has 1 N–H and O–H groups in total. The van der Waals surface area contributed by atoms with E-state index in [2.05, 4.69) is 5.32 Å². The summed E-state index contributed by atoms with van der Waals surface area (Å²) >= 11 is 0. The highest BCUT2D eigenvalue weighted by Gasteiger charge is 2.35. The first-order valence-electron chi connectivity index (χ1n) is 11.2. The molecule has 8 nitrogen and oxygen atoms in total. The van der Waals surface area contributed by atoms with Crippen LogP contribution in [-0.2, 0) is 21.4 Å². The highest BCUT2D eigenvalue weighted by atomic mass is 32.2. The smallest absolute Gasteiger partial charge is 0.281 e. The first-order chi connectivity index (χ1) is 15.0. The van der Waals surface area contributed by atoms with Crippen LogP contribution in [0.2, 0.25) is 0 Å². The number of piperidine rings is 1. The van der Waals surface area contributed by atoms with Gasteiger partial charge < -0.3 is 14.8 Å². The van der Waals surface area contributed by atoms with Crippen molar-refractivity contribution in [2.45, 2.75) is 44.9 Å². The third-order valence-electron chi connectivity index (χ3n) is 6.13. The molecule has 2 fully saturated rings. The van der Waals surface area contributed by atoms with Gasteiger partial charge in [-0.15, -0.1) is 0 Å². The lowest BCUT2D eigenvalue weighted by molar-refractivity contribution is -0.126. The van der Waals surface area contributed by atoms with Crippen molar-refractivity contribution in [3.63, 3.8) is 0 Å². The molecule has 1 atom stereocenters. The first kappa shape index (κ1) is 23.8. The molecule has 31 heavy (non-hydrogen) atoms. The zero-order valence-electron chi connectivity index (χ0n) is 18.6. The van der Waals surface area contributed by atoms with E-state index >= 15 is 0 Å². The first-order valence-corrected chi connectivity index (χ1v) is 12.6. The summed E-state index contributed by atoms with van der Waals surface area (Å²) in [4.78, 5) is 12.7. The number of nitrogens with one attached hydrogen (secondary N) is 1. The van der Waals surface area contributed by atoms with Crippen molar-refractivity contribution in [1.82, 2.24) is 13.9 Å². The van der Waals surface area contributed by atoms with E-state index in [1.807, 2.05) is 18.2 Å². The molecule has 0 bridgehead atoms. The van der Waals surface area contributed by atoms with E-state index in [1.54, 1.807) is 18.5 Å². The van der Waals surface area contributed by atoms with Gasteiger partial charge in [0.15, 0.2) is 11.5 Å². The molecule has 174 valence electrons. The fourth-order valence-corrected chi connectivity index (χ4v) is 6.09. The minimum absolute atomic E-state index is 0.0729. The number of benzene rings is 1. The number of hydrogen-bond acceptors (Lipinski definition) is 5. The molecule has 1 aromatic carbocycles. The number of carbonyl (C=O) groups is 1. The van der Waals surface area contributed by atoms with Gasteiger partial charge in [-0.05, 0) is 49.8 Å². The van der Waals surface area contributed by atoms with Crippen LogP contribution in [0.15, 0.2) is 18.2 Å². The summed E-state index contributed by atoms with van der Waals surface area (Å²) in [5.74, 6) is 0.952. The van der Waals surface area contributed by atoms with Crippen LogP contribution in [0.1, 0.15) is 44.1 Å². The standard InChI is InChI=1S/C22H35N3O5S/c1-29-20-10-9-18(16-21(20)30-2)11-12-23-22(26)19-8-7-15-25(17-19)31(27,28)24-13-5-3-4-6-14-24/h9-10,16,19H,3-8,11-15,17H2,1-2H3,(H,23,26). The van der Waals surface area contributed by atoms with E-state index < -0.39 is 10.2 Å². The SMILES string of the molecule is COc1ccc(CCNC(=O)C2CCCN(S(=O)(=O)N3CCCCCC3)C2)cc1OC. The highest BCUT2D eigenvalue weighted by Crippen LogP contribution is 2.28. The van der Waals surface area contributed by atoms with Gasteiger partial charge in [-0.2, -0.15) is 17.0 Å². The van der Waals surface area contributed by atoms with Gasteiger partial charge in [0, 0.05) is 32.7 Å². The molecule has 2 heterocycles. The lowest BCUT2D eigenvalue weighted by Gasteiger charge is -2.34. The van der Waals surface area contributed by atoms with Crippen LogP contribution in [0.25, 0.3) is 0 Å². The van der Waals surface area contributed by atoms with E-state index in [0.29, 0.717) is 56.9 Å². The normalized spacial score (nSPS) is 21.3. The Morgan fingerprint density at radius 1 is 1.00 bits per heavy atom. The van der Waals surface area contributed by atoms with Crippen LogP contribution in [0.3, 0.4) is 0 Å². The number of methoxy groups -OCH3 is 2. The fourth-order valence-electron chi connectivity index (χ4n) is 4.31. The van der Waals surface area contributed by atoms with Gasteiger partial charge in [0.1, 0.15) is 0 Å². The Hall–Kier alpha value is -1.84. The maximum Gasteiger partial charge on any atom is 0.281 e. The minimum atomic E-state index is -3.49. The van der Waals surface area contributed by atoms with Crippen LogP contribution in [-0.4, -0.2) is 69.9 Å². The zero-order valence-corrected chi connectivity index (χ0v) is 19.5. The van der Waals surface area contributed by atoms with Gasteiger partial charge in [0.25, 0.3) is 10.2 Å². The van der Waals surface area contributed by atoms with Gasteiger partial charge in [0.05, 0.1) is 20.1 Å². The molecule has 0 aromatic heterocycles. The fraction of sp³-hybridized carbons (Fsp3) is 0.682. The van der Waals surface area contributed by atoms with Crippen LogP contribution in [0, 0.1) is 5.92 Å². The van der Waals surface area contributed by atoms with E-state index in [9.17, 15) is 13.2 Å². The Kier molecular flexibility index (Phi) is 8.57. The number of carbonyl (C=O) groups excluding carboxylic acids is 1. The average molecular weight is 454 g/mol. The molecule has 0 spiro atoms. The Morgan fingerprint density at radius 3 is 2.35 bits per heavy atom. The summed E-state index contributed by atoms with van der Waals surface area (Å²) < 4.78 is 39.8. The predicted octanol–water partition coefficient (Wildman–Crippen LogP) is 2.20. The third kappa shape index (κ3) is 6.11. The van der Waals surface area contributed by atoms with E-state index in [4.69, 9.17) is 9.47 Å². The lowest BCUT2D eigenvalue weighted by atomic mass is 9.99. The molecule has 2 aliphatic rings. The van der Waals surface area contributed by atoms with E-state index in [0.717, 1.165) is 31.2 Å². The molecule has 0 radical (unpaired) electrons.